The van der Waals surface area contributed by atoms with Gasteiger partial charge in [-0.25, -0.2) is 0 Å². The molecule has 1 atom stereocenters. The monoisotopic (exact) mass is 539 g/mol. The first-order chi connectivity index (χ1) is 18.2. The highest BCUT2D eigenvalue weighted by molar-refractivity contribution is 5.80. The van der Waals surface area contributed by atoms with E-state index in [0.29, 0.717) is 32.6 Å². The quantitative estimate of drug-likeness (QED) is 0.112. The van der Waals surface area contributed by atoms with Gasteiger partial charge in [-0.1, -0.05) is 111 Å². The molecular weight excluding hydrogens is 472 g/mol. The molecule has 0 bridgehead atoms. The van der Waals surface area contributed by atoms with Crippen molar-refractivity contribution in [1.29, 1.82) is 0 Å². The van der Waals surface area contributed by atoms with Gasteiger partial charge < -0.3 is 15.0 Å². The van der Waals surface area contributed by atoms with Gasteiger partial charge in [0.2, 0.25) is 11.8 Å². The number of ether oxygens (including phenoxy) is 1. The second kappa shape index (κ2) is 22.7. The smallest absolute Gasteiger partial charge is 0.225 e. The minimum Gasteiger partial charge on any atom is -0.381 e. The zero-order valence-electron chi connectivity index (χ0n) is 26.7. The third-order valence-electron chi connectivity index (χ3n) is 8.39. The Hall–Kier alpha value is -1.10. The molecule has 0 aliphatic carbocycles. The number of hydrogen-bond acceptors (Lipinski definition) is 3. The van der Waals surface area contributed by atoms with Crippen LogP contribution in [0.15, 0.2) is 0 Å². The number of carbonyl (C=O) groups is 2. The van der Waals surface area contributed by atoms with Crippen LogP contribution < -0.4 is 5.32 Å². The normalized spacial score (nSPS) is 13.3. The van der Waals surface area contributed by atoms with Gasteiger partial charge in [0.15, 0.2) is 0 Å². The van der Waals surface area contributed by atoms with Crippen LogP contribution in [0.25, 0.3) is 0 Å². The van der Waals surface area contributed by atoms with Crippen molar-refractivity contribution in [3.8, 4) is 0 Å². The van der Waals surface area contributed by atoms with Crippen LogP contribution >= 0.6 is 0 Å². The summed E-state index contributed by atoms with van der Waals surface area (Å²) in [4.78, 5) is 28.7. The van der Waals surface area contributed by atoms with Crippen molar-refractivity contribution >= 4 is 11.8 Å². The Morgan fingerprint density at radius 2 is 1.13 bits per heavy atom. The molecule has 0 saturated carbocycles. The molecular formula is C33H66N2O3. The number of nitrogens with one attached hydrogen (secondary N) is 1. The lowest BCUT2D eigenvalue weighted by Crippen LogP contribution is -2.61. The molecule has 0 rings (SSSR count). The molecule has 1 unspecified atom stereocenters. The van der Waals surface area contributed by atoms with E-state index in [4.69, 9.17) is 4.74 Å². The van der Waals surface area contributed by atoms with Crippen LogP contribution in [0, 0.1) is 0 Å². The Balaban J connectivity index is 5.77. The van der Waals surface area contributed by atoms with Crippen molar-refractivity contribution < 1.29 is 14.3 Å². The lowest BCUT2D eigenvalue weighted by molar-refractivity contribution is -0.148. The van der Waals surface area contributed by atoms with Crippen molar-refractivity contribution in [2.75, 3.05) is 19.8 Å². The van der Waals surface area contributed by atoms with Gasteiger partial charge in [-0.05, 0) is 46.5 Å². The van der Waals surface area contributed by atoms with Gasteiger partial charge in [0.05, 0.1) is 6.61 Å². The predicted octanol–water partition coefficient (Wildman–Crippen LogP) is 8.98. The summed E-state index contributed by atoms with van der Waals surface area (Å²) in [5, 5.41) is 2.97. The standard InChI is InChI=1S/C33H66N2O3/c1-8-13-16-19-22-25-32(6,11-4)35(31(37)23-28-34-30(36)24-29-38-12-5)33(7,26-20-17-14-9-2)27-21-18-15-10-3/h8-29H2,1-7H3,(H,34,36). The van der Waals surface area contributed by atoms with E-state index in [1.807, 2.05) is 6.92 Å². The third-order valence-corrected chi connectivity index (χ3v) is 8.39. The number of hydrogen-bond donors (Lipinski definition) is 1. The van der Waals surface area contributed by atoms with Crippen LogP contribution in [-0.2, 0) is 14.3 Å². The molecule has 0 spiro atoms. The summed E-state index contributed by atoms with van der Waals surface area (Å²) in [6.45, 7) is 17.1. The van der Waals surface area contributed by atoms with Gasteiger partial charge in [-0.2, -0.15) is 0 Å². The molecule has 38 heavy (non-hydrogen) atoms. The van der Waals surface area contributed by atoms with Gasteiger partial charge >= 0.3 is 0 Å². The Morgan fingerprint density at radius 1 is 0.658 bits per heavy atom. The van der Waals surface area contributed by atoms with Crippen LogP contribution in [0.2, 0.25) is 0 Å². The van der Waals surface area contributed by atoms with E-state index in [-0.39, 0.29) is 22.9 Å². The van der Waals surface area contributed by atoms with Crippen LogP contribution in [0.4, 0.5) is 0 Å². The lowest BCUT2D eigenvalue weighted by Gasteiger charge is -2.53. The minimum atomic E-state index is -0.160. The summed E-state index contributed by atoms with van der Waals surface area (Å²) in [6, 6.07) is 0. The molecule has 0 aromatic rings. The summed E-state index contributed by atoms with van der Waals surface area (Å²) in [6.07, 6.45) is 20.9. The number of rotatable bonds is 26. The largest absolute Gasteiger partial charge is 0.381 e. The summed E-state index contributed by atoms with van der Waals surface area (Å²) in [5.41, 5.74) is -0.307. The topological polar surface area (TPSA) is 58.6 Å². The number of carbonyl (C=O) groups excluding carboxylic acids is 2. The van der Waals surface area contributed by atoms with Crippen molar-refractivity contribution in [2.45, 2.75) is 182 Å². The molecule has 0 fully saturated rings. The van der Waals surface area contributed by atoms with Crippen molar-refractivity contribution in [3.05, 3.63) is 0 Å². The van der Waals surface area contributed by atoms with Crippen molar-refractivity contribution in [2.24, 2.45) is 0 Å². The van der Waals surface area contributed by atoms with E-state index in [0.717, 1.165) is 25.7 Å². The Labute approximate surface area is 237 Å². The summed E-state index contributed by atoms with van der Waals surface area (Å²) < 4.78 is 5.31. The van der Waals surface area contributed by atoms with Gasteiger partial charge in [0.1, 0.15) is 0 Å². The molecule has 5 nitrogen and oxygen atoms in total. The SMILES string of the molecule is CCCCCCCC(C)(CC)N(C(=O)CCNC(=O)CCOCC)C(C)(CCCCCC)CCCCCC. The molecule has 0 aromatic heterocycles. The van der Waals surface area contributed by atoms with Gasteiger partial charge in [-0.3, -0.25) is 9.59 Å². The third kappa shape index (κ3) is 15.5. The fraction of sp³-hybridized carbons (Fsp3) is 0.939. The lowest BCUT2D eigenvalue weighted by atomic mass is 9.79. The second-order valence-electron chi connectivity index (χ2n) is 11.9. The highest BCUT2D eigenvalue weighted by Gasteiger charge is 2.44. The highest BCUT2D eigenvalue weighted by atomic mass is 16.5. The molecule has 1 N–H and O–H groups in total. The van der Waals surface area contributed by atoms with E-state index in [9.17, 15) is 9.59 Å². The van der Waals surface area contributed by atoms with E-state index < -0.39 is 0 Å². The average Bonchev–Trinajstić information content (AvgIpc) is 2.89. The summed E-state index contributed by atoms with van der Waals surface area (Å²) in [7, 11) is 0. The first kappa shape index (κ1) is 36.9. The maximum Gasteiger partial charge on any atom is 0.225 e. The predicted molar refractivity (Wildman–Crippen MR) is 164 cm³/mol. The number of nitrogens with zero attached hydrogens (tertiary/aromatic N) is 1. The second-order valence-corrected chi connectivity index (χ2v) is 11.9. The van der Waals surface area contributed by atoms with Crippen LogP contribution in [0.3, 0.4) is 0 Å². The minimum absolute atomic E-state index is 0.0335. The van der Waals surface area contributed by atoms with Crippen molar-refractivity contribution in [1.82, 2.24) is 10.2 Å². The molecule has 0 aliphatic heterocycles. The Bertz CT molecular complexity index is 583. The molecule has 0 radical (unpaired) electrons. The van der Waals surface area contributed by atoms with Crippen molar-refractivity contribution in [3.63, 3.8) is 0 Å². The zero-order chi connectivity index (χ0) is 28.7. The first-order valence-electron chi connectivity index (χ1n) is 16.4. The van der Waals surface area contributed by atoms with E-state index >= 15 is 0 Å². The Kier molecular flexibility index (Phi) is 22.0. The maximum atomic E-state index is 14.1. The molecule has 0 heterocycles. The summed E-state index contributed by atoms with van der Waals surface area (Å²) in [5.74, 6) is 0.176. The Morgan fingerprint density at radius 3 is 1.61 bits per heavy atom. The fourth-order valence-corrected chi connectivity index (χ4v) is 5.84. The van der Waals surface area contributed by atoms with Crippen LogP contribution in [0.1, 0.15) is 170 Å². The summed E-state index contributed by atoms with van der Waals surface area (Å²) >= 11 is 0. The molecule has 5 heteroatoms. The molecule has 0 aromatic carbocycles. The van der Waals surface area contributed by atoms with E-state index in [2.05, 4.69) is 51.8 Å². The van der Waals surface area contributed by atoms with Crippen LogP contribution in [0.5, 0.6) is 0 Å². The van der Waals surface area contributed by atoms with Gasteiger partial charge in [-0.15, -0.1) is 0 Å². The van der Waals surface area contributed by atoms with Gasteiger partial charge in [0.25, 0.3) is 0 Å². The van der Waals surface area contributed by atoms with E-state index in [1.165, 1.54) is 83.5 Å². The molecule has 0 aliphatic rings. The van der Waals surface area contributed by atoms with Crippen LogP contribution in [-0.4, -0.2) is 47.6 Å². The highest BCUT2D eigenvalue weighted by Crippen LogP contribution is 2.39. The molecule has 0 saturated heterocycles. The average molecular weight is 539 g/mol. The molecule has 2 amide bonds. The maximum absolute atomic E-state index is 14.1. The first-order valence-corrected chi connectivity index (χ1v) is 16.4. The number of unbranched alkanes of at least 4 members (excludes halogenated alkanes) is 10. The molecule has 226 valence electrons. The zero-order valence-corrected chi connectivity index (χ0v) is 26.7. The fourth-order valence-electron chi connectivity index (χ4n) is 5.84. The van der Waals surface area contributed by atoms with E-state index in [1.54, 1.807) is 0 Å². The number of amides is 2. The van der Waals surface area contributed by atoms with Gasteiger partial charge in [0, 0.05) is 37.1 Å².